The Labute approximate surface area is 391 Å². The van der Waals surface area contributed by atoms with Gasteiger partial charge in [0.2, 0.25) is 53.2 Å². The number of amides is 9. The molecule has 13 N–H and O–H groups in total. The van der Waals surface area contributed by atoms with E-state index < -0.39 is 176 Å². The largest absolute Gasteiger partial charge is 0.486 e. The van der Waals surface area contributed by atoms with Crippen molar-refractivity contribution in [3.63, 3.8) is 0 Å². The maximum absolute atomic E-state index is 14.8. The molecule has 1 fully saturated rings. The number of aromatic nitrogens is 1. The van der Waals surface area contributed by atoms with Gasteiger partial charge in [0.25, 0.3) is 0 Å². The van der Waals surface area contributed by atoms with E-state index in [0.717, 1.165) is 4.90 Å². The lowest BCUT2D eigenvalue weighted by Gasteiger charge is -2.32. The minimum Gasteiger partial charge on any atom is -0.486 e. The third kappa shape index (κ3) is 12.9. The first-order chi connectivity index (χ1) is 32.1. The first kappa shape index (κ1) is 52.5. The summed E-state index contributed by atoms with van der Waals surface area (Å²) in [6, 6.07) is -5.63. The van der Waals surface area contributed by atoms with E-state index in [4.69, 9.17) is 10.5 Å². The number of ether oxygens (including phenoxy) is 1. The van der Waals surface area contributed by atoms with Crippen molar-refractivity contribution in [2.24, 2.45) is 17.6 Å². The summed E-state index contributed by atoms with van der Waals surface area (Å²) in [6.45, 7) is 2.70. The van der Waals surface area contributed by atoms with E-state index in [1.165, 1.54) is 32.0 Å². The summed E-state index contributed by atoms with van der Waals surface area (Å²) in [7, 11) is -2.41. The highest BCUT2D eigenvalue weighted by Crippen LogP contribution is 2.30. The number of aliphatic hydroxyl groups is 3. The number of carbonyl (C=O) groups is 10. The van der Waals surface area contributed by atoms with Crippen LogP contribution in [0.4, 0.5) is 0 Å². The molecule has 11 atom stereocenters. The van der Waals surface area contributed by atoms with Crippen molar-refractivity contribution in [3.05, 3.63) is 23.8 Å². The quantitative estimate of drug-likeness (QED) is 0.106. The molecule has 0 aliphatic carbocycles. The number of Topliss-reactive ketones (excluding diaryl/α,β-unsaturated/α-hetero) is 1. The van der Waals surface area contributed by atoms with Crippen molar-refractivity contribution in [3.8, 4) is 5.75 Å². The third-order valence-electron chi connectivity index (χ3n) is 12.0. The number of ketones is 1. The highest BCUT2D eigenvalue weighted by Gasteiger charge is 2.45. The average Bonchev–Trinajstić information content (AvgIpc) is 3.87. The molecule has 1 saturated heterocycles. The molecule has 9 amide bonds. The van der Waals surface area contributed by atoms with Gasteiger partial charge in [-0.1, -0.05) is 27.2 Å². The lowest BCUT2D eigenvalue weighted by Crippen LogP contribution is -2.62. The number of carbonyl (C=O) groups excluding carboxylic acids is 10. The fourth-order valence-electron chi connectivity index (χ4n) is 7.97. The zero-order valence-electron chi connectivity index (χ0n) is 37.8. The molecule has 11 unspecified atom stereocenters. The van der Waals surface area contributed by atoms with E-state index >= 15 is 0 Å². The molecule has 372 valence electrons. The summed E-state index contributed by atoms with van der Waals surface area (Å²) >= 11 is 0. The summed E-state index contributed by atoms with van der Waals surface area (Å²) in [6.07, 6.45) is -4.48. The van der Waals surface area contributed by atoms with Gasteiger partial charge < -0.3 is 72.9 Å². The van der Waals surface area contributed by atoms with Crippen molar-refractivity contribution in [1.82, 2.24) is 47.1 Å². The second-order valence-electron chi connectivity index (χ2n) is 17.1. The molecule has 0 radical (unpaired) electrons. The number of rotatable bonds is 10. The zero-order chi connectivity index (χ0) is 50.1. The number of fused-ring (bicyclic) bond motifs is 5. The number of benzene rings is 1. The second kappa shape index (κ2) is 23.0. The summed E-state index contributed by atoms with van der Waals surface area (Å²) < 4.78 is 20.3. The highest BCUT2D eigenvalue weighted by molar-refractivity contribution is 7.85. The number of aromatic amines is 1. The topological polar surface area (TPSA) is 387 Å². The van der Waals surface area contributed by atoms with Crippen molar-refractivity contribution in [2.45, 2.75) is 107 Å². The number of nitrogens with zero attached hydrogens (tertiary/aromatic N) is 1. The Morgan fingerprint density at radius 3 is 2.21 bits per heavy atom. The standard InChI is InChI=1S/C42H58N10O15S/c1-5-18(2)34-39(63)45-12-32(58)46-28-17-68(66)41-24(23-7-6-22(9-25(23)49-41)67-16-19(3)54)10-26(36(60)44-13-33(59)50-34)47-40(64)35(20(4)30(56)15-53)51-38(62)29-8-21(55)14-52(29)42(65)27(11-31(43)57)48-37(28)61/h6-7,9,18,20-21,26-30,34-35,49,53,55-56H,5,8,10-17H2,1-4H3,(H2,43,57)(H,44,60)(H,45,63)(H,46,58)(H,47,64)(H,48,61)(H,50,59)(H,51,62). The van der Waals surface area contributed by atoms with Crippen LogP contribution in [0.15, 0.2) is 23.2 Å². The number of primary amides is 1. The van der Waals surface area contributed by atoms with Gasteiger partial charge in [0.05, 0.1) is 60.4 Å². The van der Waals surface area contributed by atoms with Crippen LogP contribution in [0.25, 0.3) is 10.9 Å². The summed E-state index contributed by atoms with van der Waals surface area (Å²) in [5.74, 6) is -12.0. The SMILES string of the molecule is CCC(C)C1NC(=O)CNC(=O)C2Cc3c([nH]c4cc(OCC(C)=O)ccc34)S(=O)CC(NC(=O)CNC1=O)C(=O)NC(CC(N)=O)C(=O)N1CC(O)CC1C(=O)NC(C(C)C(O)CO)C(=O)N2. The molecule has 0 saturated carbocycles. The molecule has 68 heavy (non-hydrogen) atoms. The van der Waals surface area contributed by atoms with Gasteiger partial charge in [0, 0.05) is 36.8 Å². The van der Waals surface area contributed by atoms with Gasteiger partial charge in [-0.15, -0.1) is 0 Å². The summed E-state index contributed by atoms with van der Waals surface area (Å²) in [5, 5.41) is 48.7. The molecule has 3 aliphatic heterocycles. The van der Waals surface area contributed by atoms with Crippen LogP contribution in [-0.2, 0) is 65.2 Å². The van der Waals surface area contributed by atoms with Crippen molar-refractivity contribution in [1.29, 1.82) is 0 Å². The van der Waals surface area contributed by atoms with E-state index in [9.17, 15) is 67.5 Å². The van der Waals surface area contributed by atoms with Gasteiger partial charge in [-0.2, -0.15) is 0 Å². The Hall–Kier alpha value is -6.51. The Morgan fingerprint density at radius 1 is 0.882 bits per heavy atom. The van der Waals surface area contributed by atoms with E-state index in [-0.39, 0.29) is 39.6 Å². The van der Waals surface area contributed by atoms with Gasteiger partial charge in [-0.05, 0) is 30.5 Å². The predicted molar refractivity (Wildman–Crippen MR) is 237 cm³/mol. The van der Waals surface area contributed by atoms with Gasteiger partial charge in [0.1, 0.15) is 53.6 Å². The van der Waals surface area contributed by atoms with Crippen LogP contribution in [0.1, 0.15) is 52.5 Å². The molecule has 3 aliphatic rings. The molecule has 2 aromatic rings. The lowest BCUT2D eigenvalue weighted by atomic mass is 9.93. The summed E-state index contributed by atoms with van der Waals surface area (Å²) in [5.41, 5.74) is 5.80. The number of hydrogen-bond acceptors (Lipinski definition) is 15. The smallest absolute Gasteiger partial charge is 0.246 e. The van der Waals surface area contributed by atoms with E-state index in [0.29, 0.717) is 6.42 Å². The van der Waals surface area contributed by atoms with Crippen molar-refractivity contribution in [2.75, 3.05) is 38.6 Å². The van der Waals surface area contributed by atoms with Gasteiger partial charge in [0.15, 0.2) is 5.78 Å². The predicted octanol–water partition coefficient (Wildman–Crippen LogP) is -5.66. The molecule has 0 spiro atoms. The first-order valence-electron chi connectivity index (χ1n) is 21.9. The summed E-state index contributed by atoms with van der Waals surface area (Å²) in [4.78, 5) is 140. The maximum Gasteiger partial charge on any atom is 0.246 e. The number of nitrogens with one attached hydrogen (secondary N) is 8. The third-order valence-corrected chi connectivity index (χ3v) is 13.4. The van der Waals surface area contributed by atoms with Crippen LogP contribution in [0.2, 0.25) is 0 Å². The Bertz CT molecular complexity index is 2340. The van der Waals surface area contributed by atoms with Crippen molar-refractivity contribution < 1.29 is 72.2 Å². The zero-order valence-corrected chi connectivity index (χ0v) is 38.6. The second-order valence-corrected chi connectivity index (χ2v) is 18.6. The number of nitrogens with two attached hydrogens (primary N) is 1. The Morgan fingerprint density at radius 2 is 1.56 bits per heavy atom. The number of H-pyrrole nitrogens is 1. The molecule has 2 bridgehead atoms. The molecule has 1 aromatic heterocycles. The van der Waals surface area contributed by atoms with E-state index in [1.54, 1.807) is 13.8 Å². The lowest BCUT2D eigenvalue weighted by molar-refractivity contribution is -0.144. The van der Waals surface area contributed by atoms with Crippen LogP contribution in [-0.4, -0.2) is 175 Å². The van der Waals surface area contributed by atoms with Crippen LogP contribution in [0, 0.1) is 11.8 Å². The van der Waals surface area contributed by atoms with Crippen LogP contribution < -0.4 is 47.7 Å². The molecular weight excluding hydrogens is 917 g/mol. The fraction of sp³-hybridized carbons (Fsp3) is 0.571. The molecule has 5 rings (SSSR count). The number of hydrogen-bond donors (Lipinski definition) is 12. The Kier molecular flexibility index (Phi) is 17.7. The number of aliphatic hydroxyl groups excluding tert-OH is 3. The Balaban J connectivity index is 1.75. The first-order valence-corrected chi connectivity index (χ1v) is 23.2. The van der Waals surface area contributed by atoms with Crippen LogP contribution >= 0.6 is 0 Å². The van der Waals surface area contributed by atoms with Gasteiger partial charge >= 0.3 is 0 Å². The van der Waals surface area contributed by atoms with E-state index in [1.807, 2.05) is 0 Å². The molecule has 25 nitrogen and oxygen atoms in total. The van der Waals surface area contributed by atoms with Gasteiger partial charge in [-0.3, -0.25) is 52.2 Å². The van der Waals surface area contributed by atoms with E-state index in [2.05, 4.69) is 42.2 Å². The maximum atomic E-state index is 14.8. The van der Waals surface area contributed by atoms with Crippen LogP contribution in [0.5, 0.6) is 5.75 Å². The molecular formula is C42H58N10O15S. The monoisotopic (exact) mass is 974 g/mol. The minimum atomic E-state index is -2.41. The molecule has 4 heterocycles. The average molecular weight is 975 g/mol. The highest BCUT2D eigenvalue weighted by atomic mass is 32.2. The minimum absolute atomic E-state index is 0.0829. The molecule has 26 heteroatoms. The van der Waals surface area contributed by atoms with Gasteiger partial charge in [-0.25, -0.2) is 0 Å². The fourth-order valence-corrected chi connectivity index (χ4v) is 9.36. The normalized spacial score (nSPS) is 27.4. The van der Waals surface area contributed by atoms with Crippen molar-refractivity contribution >= 4 is 80.7 Å². The van der Waals surface area contributed by atoms with Crippen LogP contribution in [0.3, 0.4) is 0 Å². The molecule has 1 aromatic carbocycles.